The highest BCUT2D eigenvalue weighted by Gasteiger charge is 2.13. The van der Waals surface area contributed by atoms with Crippen molar-refractivity contribution in [2.75, 3.05) is 6.61 Å². The zero-order chi connectivity index (χ0) is 10.7. The normalized spacial score (nSPS) is 12.5. The monoisotopic (exact) mass is 258 g/mol. The van der Waals surface area contributed by atoms with E-state index < -0.39 is 4.92 Å². The van der Waals surface area contributed by atoms with Crippen molar-refractivity contribution in [3.8, 4) is 0 Å². The Hall–Kier alpha value is -0.940. The van der Waals surface area contributed by atoms with Crippen molar-refractivity contribution in [1.82, 2.24) is 0 Å². The van der Waals surface area contributed by atoms with Gasteiger partial charge >= 0.3 is 0 Å². The molecule has 0 heterocycles. The summed E-state index contributed by atoms with van der Waals surface area (Å²) in [6.07, 6.45) is 0. The third kappa shape index (κ3) is 2.30. The second kappa shape index (κ2) is 4.52. The Bertz CT molecular complexity index is 354. The van der Waals surface area contributed by atoms with Crippen molar-refractivity contribution >= 4 is 21.6 Å². The summed E-state index contributed by atoms with van der Waals surface area (Å²) in [6, 6.07) is 4.40. The fourth-order valence-corrected chi connectivity index (χ4v) is 1.63. The van der Waals surface area contributed by atoms with Crippen molar-refractivity contribution in [2.24, 2.45) is 0 Å². The topological polar surface area (TPSA) is 63.4 Å². The van der Waals surface area contributed by atoms with Gasteiger partial charge in [-0.15, -0.1) is 0 Å². The van der Waals surface area contributed by atoms with Crippen LogP contribution in [-0.2, 0) is 0 Å². The number of hydrogen-bond acceptors (Lipinski definition) is 3. The van der Waals surface area contributed by atoms with Crippen LogP contribution in [0.3, 0.4) is 0 Å². The highest BCUT2D eigenvalue weighted by molar-refractivity contribution is 9.10. The Balaban J connectivity index is 3.14. The molecule has 1 aromatic carbocycles. The summed E-state index contributed by atoms with van der Waals surface area (Å²) in [5.74, 6) is -0.357. The fourth-order valence-electron chi connectivity index (χ4n) is 1.06. The minimum atomic E-state index is -0.472. The highest BCUT2D eigenvalue weighted by Crippen LogP contribution is 2.28. The molecule has 1 rings (SSSR count). The van der Waals surface area contributed by atoms with Gasteiger partial charge in [0.1, 0.15) is 0 Å². The van der Waals surface area contributed by atoms with Crippen LogP contribution in [0.1, 0.15) is 11.5 Å². The minimum absolute atomic E-state index is 0.00491. The second-order valence-electron chi connectivity index (χ2n) is 2.84. The number of non-ortho nitro benzene ring substituents is 1. The quantitative estimate of drug-likeness (QED) is 0.668. The maximum Gasteiger partial charge on any atom is 0.269 e. The van der Waals surface area contributed by atoms with E-state index in [4.69, 9.17) is 5.11 Å². The molecule has 75 valence electrons. The molecule has 0 aliphatic rings. The van der Waals surface area contributed by atoms with Crippen LogP contribution in [0.4, 0.5) is 5.69 Å². The molecule has 0 saturated heterocycles. The smallest absolute Gasteiger partial charge is 0.269 e. The molecule has 1 radical (unpaired) electrons. The van der Waals surface area contributed by atoms with Crippen LogP contribution in [-0.4, -0.2) is 16.6 Å². The Morgan fingerprint density at radius 1 is 1.64 bits per heavy atom. The van der Waals surface area contributed by atoms with Gasteiger partial charge in [0, 0.05) is 29.1 Å². The van der Waals surface area contributed by atoms with E-state index in [0.717, 1.165) is 4.47 Å². The Labute approximate surface area is 89.8 Å². The molecule has 5 heteroatoms. The van der Waals surface area contributed by atoms with Crippen molar-refractivity contribution in [2.45, 2.75) is 5.92 Å². The van der Waals surface area contributed by atoms with Gasteiger partial charge in [-0.25, -0.2) is 0 Å². The molecule has 0 spiro atoms. The molecular weight excluding hydrogens is 250 g/mol. The molecule has 0 aromatic heterocycles. The molecule has 0 aliphatic carbocycles. The van der Waals surface area contributed by atoms with Crippen LogP contribution < -0.4 is 0 Å². The van der Waals surface area contributed by atoms with Crippen LogP contribution in [0.15, 0.2) is 22.7 Å². The molecule has 1 atom stereocenters. The number of halogens is 1. The predicted molar refractivity (Wildman–Crippen MR) is 56.0 cm³/mol. The highest BCUT2D eigenvalue weighted by atomic mass is 79.9. The van der Waals surface area contributed by atoms with E-state index in [2.05, 4.69) is 22.9 Å². The van der Waals surface area contributed by atoms with Gasteiger partial charge < -0.3 is 5.11 Å². The van der Waals surface area contributed by atoms with Gasteiger partial charge in [0.05, 0.1) is 4.92 Å². The first-order valence-corrected chi connectivity index (χ1v) is 4.73. The molecule has 14 heavy (non-hydrogen) atoms. The number of nitro benzene ring substituents is 1. The van der Waals surface area contributed by atoms with Crippen molar-refractivity contribution in [1.29, 1.82) is 0 Å². The van der Waals surface area contributed by atoms with E-state index in [1.165, 1.54) is 12.1 Å². The number of benzene rings is 1. The summed E-state index contributed by atoms with van der Waals surface area (Å²) in [5, 5.41) is 19.4. The van der Waals surface area contributed by atoms with Gasteiger partial charge in [0.2, 0.25) is 0 Å². The van der Waals surface area contributed by atoms with E-state index >= 15 is 0 Å². The molecule has 0 aliphatic heterocycles. The van der Waals surface area contributed by atoms with E-state index in [1.807, 2.05) is 0 Å². The maximum absolute atomic E-state index is 10.5. The number of rotatable bonds is 3. The number of aliphatic hydroxyl groups excluding tert-OH is 1. The van der Waals surface area contributed by atoms with Crippen LogP contribution in [0.25, 0.3) is 0 Å². The molecular formula is C9H9BrNO3. The standard InChI is InChI=1S/C9H9BrNO3/c1-6(5-12)8-4-7(11(13)14)2-3-9(8)10/h2-4,6,12H,1,5H2. The summed E-state index contributed by atoms with van der Waals surface area (Å²) in [4.78, 5) is 10.0. The lowest BCUT2D eigenvalue weighted by Crippen LogP contribution is -2.01. The lowest BCUT2D eigenvalue weighted by molar-refractivity contribution is -0.384. The van der Waals surface area contributed by atoms with Crippen molar-refractivity contribution in [3.63, 3.8) is 0 Å². The first kappa shape index (κ1) is 11.1. The molecule has 1 aromatic rings. The van der Waals surface area contributed by atoms with Crippen molar-refractivity contribution < 1.29 is 10.0 Å². The molecule has 0 bridgehead atoms. The SMILES string of the molecule is [CH2]C(CO)c1cc([N+](=O)[O-])ccc1Br. The van der Waals surface area contributed by atoms with Crippen LogP contribution in [0.5, 0.6) is 0 Å². The van der Waals surface area contributed by atoms with Crippen LogP contribution in [0, 0.1) is 17.0 Å². The van der Waals surface area contributed by atoms with Gasteiger partial charge in [-0.2, -0.15) is 0 Å². The third-order valence-electron chi connectivity index (χ3n) is 1.85. The van der Waals surface area contributed by atoms with E-state index in [9.17, 15) is 10.1 Å². The number of hydrogen-bond donors (Lipinski definition) is 1. The summed E-state index contributed by atoms with van der Waals surface area (Å²) >= 11 is 3.25. The molecule has 4 nitrogen and oxygen atoms in total. The summed E-state index contributed by atoms with van der Waals surface area (Å²) in [6.45, 7) is 3.55. The van der Waals surface area contributed by atoms with E-state index in [-0.39, 0.29) is 18.2 Å². The van der Waals surface area contributed by atoms with Crippen molar-refractivity contribution in [3.05, 3.63) is 45.3 Å². The molecule has 0 amide bonds. The van der Waals surface area contributed by atoms with Gasteiger partial charge in [0.25, 0.3) is 5.69 Å². The first-order valence-electron chi connectivity index (χ1n) is 3.94. The van der Waals surface area contributed by atoms with Crippen LogP contribution in [0.2, 0.25) is 0 Å². The summed E-state index contributed by atoms with van der Waals surface area (Å²) in [5.41, 5.74) is 0.645. The average Bonchev–Trinajstić information content (AvgIpc) is 2.17. The van der Waals surface area contributed by atoms with Gasteiger partial charge in [0.15, 0.2) is 0 Å². The van der Waals surface area contributed by atoms with Gasteiger partial charge in [-0.3, -0.25) is 10.1 Å². The second-order valence-corrected chi connectivity index (χ2v) is 3.70. The minimum Gasteiger partial charge on any atom is -0.396 e. The average molecular weight is 259 g/mol. The van der Waals surface area contributed by atoms with Gasteiger partial charge in [-0.05, 0) is 18.6 Å². The Morgan fingerprint density at radius 3 is 2.79 bits per heavy atom. The Kier molecular flexibility index (Phi) is 3.60. The summed E-state index contributed by atoms with van der Waals surface area (Å²) < 4.78 is 0.720. The first-order chi connectivity index (χ1) is 6.56. The number of nitro groups is 1. The third-order valence-corrected chi connectivity index (χ3v) is 2.57. The molecule has 0 saturated carbocycles. The molecule has 1 N–H and O–H groups in total. The lowest BCUT2D eigenvalue weighted by Gasteiger charge is -2.09. The fraction of sp³-hybridized carbons (Fsp3) is 0.222. The largest absolute Gasteiger partial charge is 0.396 e. The van der Waals surface area contributed by atoms with E-state index in [0.29, 0.717) is 5.56 Å². The number of aliphatic hydroxyl groups is 1. The predicted octanol–water partition coefficient (Wildman–Crippen LogP) is 2.27. The zero-order valence-electron chi connectivity index (χ0n) is 7.31. The molecule has 0 fully saturated rings. The summed E-state index contributed by atoms with van der Waals surface area (Å²) in [7, 11) is 0. The van der Waals surface area contributed by atoms with Gasteiger partial charge in [-0.1, -0.05) is 15.9 Å². The number of nitrogens with zero attached hydrogens (tertiary/aromatic N) is 1. The lowest BCUT2D eigenvalue weighted by atomic mass is 10.0. The Morgan fingerprint density at radius 2 is 2.29 bits per heavy atom. The maximum atomic E-state index is 10.5. The van der Waals surface area contributed by atoms with Crippen LogP contribution >= 0.6 is 15.9 Å². The molecule has 1 unspecified atom stereocenters. The zero-order valence-corrected chi connectivity index (χ0v) is 8.90. The van der Waals surface area contributed by atoms with E-state index in [1.54, 1.807) is 6.07 Å².